The van der Waals surface area contributed by atoms with E-state index in [1.807, 2.05) is 0 Å². The van der Waals surface area contributed by atoms with Crippen LogP contribution in [-0.2, 0) is 62.0 Å². The fourth-order valence-electron chi connectivity index (χ4n) is 5.88. The summed E-state index contributed by atoms with van der Waals surface area (Å²) in [6.07, 6.45) is -7.10. The minimum absolute atomic E-state index is 0.0225. The van der Waals surface area contributed by atoms with Crippen molar-refractivity contribution >= 4 is 41.2 Å². The summed E-state index contributed by atoms with van der Waals surface area (Å²) < 4.78 is 32.1. The molecule has 12 N–H and O–H groups in total. The number of hydrogen-bond donors (Lipinski definition) is 12. The summed E-state index contributed by atoms with van der Waals surface area (Å²) >= 11 is 0. The number of rotatable bonds is 42. The van der Waals surface area contributed by atoms with Crippen LogP contribution in [-0.4, -0.2) is 207 Å². The molecule has 25 nitrogen and oxygen atoms in total. The Labute approximate surface area is 392 Å². The molecule has 0 fully saturated rings. The van der Waals surface area contributed by atoms with E-state index in [0.29, 0.717) is 19.3 Å². The van der Waals surface area contributed by atoms with Crippen molar-refractivity contribution in [3.63, 3.8) is 0 Å². The van der Waals surface area contributed by atoms with Crippen molar-refractivity contribution < 1.29 is 92.6 Å². The van der Waals surface area contributed by atoms with Crippen molar-refractivity contribution in [1.82, 2.24) is 31.9 Å². The van der Waals surface area contributed by atoms with Crippen molar-refractivity contribution in [3.8, 4) is 0 Å². The molecule has 0 aliphatic rings. The monoisotopic (exact) mass is 971 g/mol. The maximum atomic E-state index is 13.2. The molecule has 0 rings (SSSR count). The molecule has 0 aromatic carbocycles. The lowest BCUT2D eigenvalue weighted by atomic mass is 10.1. The van der Waals surface area contributed by atoms with Gasteiger partial charge in [0.15, 0.2) is 12.5 Å². The van der Waals surface area contributed by atoms with E-state index in [4.69, 9.17) is 28.4 Å². The maximum Gasteiger partial charge on any atom is 0.242 e. The largest absolute Gasteiger partial charge is 0.394 e. The Morgan fingerprint density at radius 1 is 0.552 bits per heavy atom. The molecule has 0 radical (unpaired) electrons. The van der Waals surface area contributed by atoms with E-state index >= 15 is 0 Å². The Hall–Kier alpha value is -3.99. The van der Waals surface area contributed by atoms with E-state index in [9.17, 15) is 64.2 Å². The Morgan fingerprint density at radius 3 is 1.67 bits per heavy atom. The average molecular weight is 971 g/mol. The third-order valence-electron chi connectivity index (χ3n) is 9.55. The minimum Gasteiger partial charge on any atom is -0.394 e. The zero-order chi connectivity index (χ0) is 50.6. The highest BCUT2D eigenvalue weighted by Crippen LogP contribution is 2.11. The van der Waals surface area contributed by atoms with Gasteiger partial charge in [0.2, 0.25) is 41.7 Å². The van der Waals surface area contributed by atoms with Crippen LogP contribution in [0.4, 0.5) is 0 Å². The smallest absolute Gasteiger partial charge is 0.242 e. The first-order chi connectivity index (χ1) is 31.9. The highest BCUT2D eigenvalue weighted by atomic mass is 16.7. The number of aliphatic hydroxyl groups excluding tert-OH is 6. The molecule has 0 spiro atoms. The number of aliphatic hydroxyl groups is 6. The summed E-state index contributed by atoms with van der Waals surface area (Å²) in [5.74, 6) is -2.72. The van der Waals surface area contributed by atoms with Crippen LogP contribution in [0, 0.1) is 0 Å². The number of ether oxygens (including phenoxy) is 6. The first-order valence-corrected chi connectivity index (χ1v) is 22.5. The Morgan fingerprint density at radius 2 is 1.10 bits per heavy atom. The zero-order valence-corrected chi connectivity index (χ0v) is 39.5. The van der Waals surface area contributed by atoms with Crippen molar-refractivity contribution in [1.29, 1.82) is 0 Å². The van der Waals surface area contributed by atoms with Gasteiger partial charge >= 0.3 is 0 Å². The molecule has 0 saturated carbocycles. The summed E-state index contributed by atoms with van der Waals surface area (Å²) in [7, 11) is 1.22. The molecular weight excluding hydrogens is 892 g/mol. The Kier molecular flexibility index (Phi) is 36.6. The van der Waals surface area contributed by atoms with Crippen LogP contribution in [0.2, 0.25) is 0 Å². The molecule has 0 aromatic rings. The van der Waals surface area contributed by atoms with Crippen LogP contribution in [0.1, 0.15) is 91.9 Å². The molecule has 6 amide bonds. The van der Waals surface area contributed by atoms with Gasteiger partial charge in [-0.15, -0.1) is 0 Å². The average Bonchev–Trinajstić information content (AvgIpc) is 3.26. The van der Waals surface area contributed by atoms with Crippen molar-refractivity contribution in [3.05, 3.63) is 0 Å². The molecule has 9 unspecified atom stereocenters. The molecule has 67 heavy (non-hydrogen) atoms. The van der Waals surface area contributed by atoms with Crippen LogP contribution in [0.5, 0.6) is 0 Å². The van der Waals surface area contributed by atoms with Gasteiger partial charge in [-0.3, -0.25) is 28.8 Å². The topological polar surface area (TPSA) is 368 Å². The molecule has 0 bridgehead atoms. The second kappa shape index (κ2) is 38.9. The number of ketones is 1. The number of carbonyl (C=O) groups excluding carboxylic acids is 7. The van der Waals surface area contributed by atoms with E-state index in [0.717, 1.165) is 26.2 Å². The third kappa shape index (κ3) is 32.4. The van der Waals surface area contributed by atoms with Crippen LogP contribution in [0.15, 0.2) is 0 Å². The molecule has 0 aromatic heterocycles. The fraction of sp³-hybridized carbons (Fsp3) is 0.833. The maximum absolute atomic E-state index is 13.2. The molecule has 0 saturated heterocycles. The van der Waals surface area contributed by atoms with Gasteiger partial charge in [-0.2, -0.15) is 0 Å². The Balaban J connectivity index is 5.11. The zero-order valence-electron chi connectivity index (χ0n) is 39.5. The number of amides is 6. The summed E-state index contributed by atoms with van der Waals surface area (Å²) in [5, 5.41) is 74.8. The number of unbranched alkanes of at least 4 members (excludes halogenated alkanes) is 3. The second-order valence-corrected chi connectivity index (χ2v) is 15.5. The minimum atomic E-state index is -1.66. The van der Waals surface area contributed by atoms with Crippen LogP contribution in [0.25, 0.3) is 0 Å². The lowest BCUT2D eigenvalue weighted by Crippen LogP contribution is -2.54. The highest BCUT2D eigenvalue weighted by molar-refractivity contribution is 5.88. The standard InChI is InChI=1S/C42H78N6O19/c1-27(51)11-8-6-7-9-12-34(55)43-16-10-13-36(57)48-31(39(60)45-18-20-64-21-23-65-41(47-30(4)54)38(59)37(58)33(26-50)62-5)14-15-35(56)44-17-19-63-22-24-66-42(40(61)46-29(3)53)67-32(25-49)28(2)52/h28,31-33,37-38,40-42,49-50,52,58-59,61H,6-26H2,1-5H3,(H,43,55)(H,44,56)(H,45,60)(H,46,53)(H,47,54)(H,48,57). The van der Waals surface area contributed by atoms with Crippen LogP contribution < -0.4 is 31.9 Å². The fourth-order valence-corrected chi connectivity index (χ4v) is 5.88. The van der Waals surface area contributed by atoms with Crippen molar-refractivity contribution in [2.24, 2.45) is 0 Å². The molecular formula is C42H78N6O19. The van der Waals surface area contributed by atoms with E-state index in [-0.39, 0.29) is 96.6 Å². The molecule has 25 heteroatoms. The van der Waals surface area contributed by atoms with E-state index in [2.05, 4.69) is 31.9 Å². The van der Waals surface area contributed by atoms with Gasteiger partial charge in [0.1, 0.15) is 36.2 Å². The van der Waals surface area contributed by atoms with E-state index in [1.165, 1.54) is 21.0 Å². The molecule has 9 atom stereocenters. The lowest BCUT2D eigenvalue weighted by Gasteiger charge is -2.30. The van der Waals surface area contributed by atoms with Gasteiger partial charge < -0.3 is 95.8 Å². The predicted molar refractivity (Wildman–Crippen MR) is 236 cm³/mol. The highest BCUT2D eigenvalue weighted by Gasteiger charge is 2.33. The van der Waals surface area contributed by atoms with Crippen LogP contribution >= 0.6 is 0 Å². The Bertz CT molecular complexity index is 1410. The first-order valence-electron chi connectivity index (χ1n) is 22.5. The normalized spacial score (nSPS) is 15.4. The van der Waals surface area contributed by atoms with Gasteiger partial charge in [-0.1, -0.05) is 12.8 Å². The summed E-state index contributed by atoms with van der Waals surface area (Å²) in [6.45, 7) is 3.90. The summed E-state index contributed by atoms with van der Waals surface area (Å²) in [5.41, 5.74) is 0. The number of methoxy groups -OCH3 is 1. The summed E-state index contributed by atoms with van der Waals surface area (Å²) in [4.78, 5) is 85.1. The number of Topliss-reactive ketones (excluding diaryl/α,β-unsaturated/α-hetero) is 1. The number of hydrogen-bond acceptors (Lipinski definition) is 19. The van der Waals surface area contributed by atoms with Gasteiger partial charge in [0.05, 0.1) is 59.0 Å². The molecule has 0 aliphatic heterocycles. The second-order valence-electron chi connectivity index (χ2n) is 15.5. The molecule has 390 valence electrons. The molecule has 0 aliphatic carbocycles. The quantitative estimate of drug-likeness (QED) is 0.0206. The van der Waals surface area contributed by atoms with Gasteiger partial charge in [-0.05, 0) is 39.5 Å². The van der Waals surface area contributed by atoms with Crippen molar-refractivity contribution in [2.45, 2.75) is 147 Å². The third-order valence-corrected chi connectivity index (χ3v) is 9.55. The van der Waals surface area contributed by atoms with Gasteiger partial charge in [0.25, 0.3) is 0 Å². The number of nitrogens with one attached hydrogen (secondary N) is 6. The predicted octanol–water partition coefficient (Wildman–Crippen LogP) is -3.89. The van der Waals surface area contributed by atoms with Gasteiger partial charge in [-0.25, -0.2) is 0 Å². The van der Waals surface area contributed by atoms with E-state index in [1.54, 1.807) is 6.92 Å². The first kappa shape index (κ1) is 63.0. The van der Waals surface area contributed by atoms with Crippen molar-refractivity contribution in [2.75, 3.05) is 79.6 Å². The van der Waals surface area contributed by atoms with Crippen LogP contribution in [0.3, 0.4) is 0 Å². The molecule has 0 heterocycles. The van der Waals surface area contributed by atoms with E-state index < -0.39 is 98.1 Å². The summed E-state index contributed by atoms with van der Waals surface area (Å²) in [6, 6.07) is -1.13. The lowest BCUT2D eigenvalue weighted by molar-refractivity contribution is -0.243. The number of carbonyl (C=O) groups is 7. The van der Waals surface area contributed by atoms with Gasteiger partial charge in [0, 0.05) is 66.3 Å². The SMILES string of the molecule is COC(CO)C(O)C(O)C(NC(C)=O)OCCOCCNC(=O)C(CCC(=O)NCCOCCOC(OC(CO)C(C)O)C(O)NC(C)=O)NC(=O)CCCNC(=O)CCCCCCC(C)=O.